The van der Waals surface area contributed by atoms with Crippen molar-refractivity contribution in [3.05, 3.63) is 127 Å². The number of rotatable bonds is 4. The Morgan fingerprint density at radius 1 is 0.548 bits per heavy atom. The zero-order chi connectivity index (χ0) is 21.6. The van der Waals surface area contributed by atoms with Crippen molar-refractivity contribution in [3.8, 4) is 11.1 Å². The smallest absolute Gasteiger partial charge is 0.0714 e. The Morgan fingerprint density at radius 2 is 0.935 bits per heavy atom. The van der Waals surface area contributed by atoms with Crippen LogP contribution >= 0.6 is 55.1 Å². The molecule has 0 saturated carbocycles. The van der Waals surface area contributed by atoms with Crippen LogP contribution in [-0.4, -0.2) is 0 Å². The summed E-state index contributed by atoms with van der Waals surface area (Å²) in [6.07, 6.45) is 0. The first kappa shape index (κ1) is 21.3. The minimum absolute atomic E-state index is 0.437. The fourth-order valence-corrected chi connectivity index (χ4v) is 5.82. The third-order valence-corrected chi connectivity index (χ3v) is 7.75. The summed E-state index contributed by atoms with van der Waals surface area (Å²) in [5.41, 5.74) is 9.28. The highest BCUT2D eigenvalue weighted by Gasteiger charge is 2.46. The second-order valence-electron chi connectivity index (χ2n) is 7.79. The van der Waals surface area contributed by atoms with Gasteiger partial charge in [-0.25, -0.2) is 0 Å². The minimum atomic E-state index is -0.437. The number of benzene rings is 4. The summed E-state index contributed by atoms with van der Waals surface area (Å²) in [6.45, 7) is 0. The summed E-state index contributed by atoms with van der Waals surface area (Å²) in [6, 6.07) is 30.6. The summed E-state index contributed by atoms with van der Waals surface area (Å²) in [4.78, 5) is 0. The fourth-order valence-electron chi connectivity index (χ4n) is 4.74. The average Bonchev–Trinajstić information content (AvgIpc) is 3.08. The lowest BCUT2D eigenvalue weighted by atomic mass is 9.67. The van der Waals surface area contributed by atoms with Gasteiger partial charge in [0.05, 0.1) is 5.41 Å². The van der Waals surface area contributed by atoms with Crippen molar-refractivity contribution in [3.63, 3.8) is 0 Å². The van der Waals surface area contributed by atoms with E-state index >= 15 is 0 Å². The lowest BCUT2D eigenvalue weighted by Crippen LogP contribution is -2.28. The Morgan fingerprint density at radius 3 is 1.29 bits per heavy atom. The van der Waals surface area contributed by atoms with Gasteiger partial charge in [-0.05, 0) is 68.8 Å². The van der Waals surface area contributed by atoms with E-state index in [0.717, 1.165) is 20.1 Å². The lowest BCUT2D eigenvalue weighted by Gasteiger charge is -2.34. The summed E-state index contributed by atoms with van der Waals surface area (Å²) in [7, 11) is 0. The Balaban J connectivity index is 1.91. The summed E-state index contributed by atoms with van der Waals surface area (Å²) in [5, 5.41) is 0. The molecule has 154 valence electrons. The standard InChI is InChI=1S/C27H18Br2Cl2/c28-21-9-11-23-24-12-10-22(29)14-26(24)27(25(23)13-21,19-5-1-17(15-30)2-6-19)20-7-3-18(16-31)4-8-20/h1-14H,15-16H2. The van der Waals surface area contributed by atoms with Crippen molar-refractivity contribution in [1.29, 1.82) is 0 Å². The zero-order valence-electron chi connectivity index (χ0n) is 16.5. The van der Waals surface area contributed by atoms with Crippen LogP contribution in [-0.2, 0) is 17.2 Å². The van der Waals surface area contributed by atoms with Crippen molar-refractivity contribution in [2.24, 2.45) is 0 Å². The van der Waals surface area contributed by atoms with Crippen LogP contribution in [0.25, 0.3) is 11.1 Å². The van der Waals surface area contributed by atoms with E-state index in [4.69, 9.17) is 23.2 Å². The van der Waals surface area contributed by atoms with Gasteiger partial charge in [-0.3, -0.25) is 0 Å². The van der Waals surface area contributed by atoms with E-state index in [9.17, 15) is 0 Å². The van der Waals surface area contributed by atoms with Crippen molar-refractivity contribution in [1.82, 2.24) is 0 Å². The van der Waals surface area contributed by atoms with Gasteiger partial charge in [0.1, 0.15) is 0 Å². The number of fused-ring (bicyclic) bond motifs is 3. The first-order valence-electron chi connectivity index (χ1n) is 9.99. The third-order valence-electron chi connectivity index (χ3n) is 6.14. The van der Waals surface area contributed by atoms with Crippen molar-refractivity contribution in [2.75, 3.05) is 0 Å². The molecule has 4 aromatic carbocycles. The van der Waals surface area contributed by atoms with Gasteiger partial charge in [0.25, 0.3) is 0 Å². The molecule has 4 aromatic rings. The zero-order valence-corrected chi connectivity index (χ0v) is 21.2. The maximum atomic E-state index is 6.10. The molecular formula is C27H18Br2Cl2. The molecule has 0 spiro atoms. The maximum Gasteiger partial charge on any atom is 0.0714 e. The van der Waals surface area contributed by atoms with Crippen LogP contribution in [0.15, 0.2) is 93.9 Å². The van der Waals surface area contributed by atoms with E-state index in [1.165, 1.54) is 33.4 Å². The molecule has 5 rings (SSSR count). The summed E-state index contributed by atoms with van der Waals surface area (Å²) < 4.78 is 2.13. The van der Waals surface area contributed by atoms with E-state index < -0.39 is 5.41 Å². The monoisotopic (exact) mass is 570 g/mol. The molecule has 1 aliphatic rings. The van der Waals surface area contributed by atoms with Crippen LogP contribution < -0.4 is 0 Å². The van der Waals surface area contributed by atoms with Gasteiger partial charge in [0.2, 0.25) is 0 Å². The molecule has 0 fully saturated rings. The molecule has 0 nitrogen and oxygen atoms in total. The van der Waals surface area contributed by atoms with E-state index in [-0.39, 0.29) is 0 Å². The Bertz CT molecular complexity index is 1160. The molecule has 0 aliphatic heterocycles. The number of hydrogen-bond donors (Lipinski definition) is 0. The highest BCUT2D eigenvalue weighted by Crippen LogP contribution is 2.57. The largest absolute Gasteiger partial charge is 0.122 e. The second kappa shape index (κ2) is 8.41. The van der Waals surface area contributed by atoms with Crippen molar-refractivity contribution in [2.45, 2.75) is 17.2 Å². The predicted molar refractivity (Wildman–Crippen MR) is 138 cm³/mol. The summed E-state index contributed by atoms with van der Waals surface area (Å²) in [5.74, 6) is 1.00. The molecule has 0 bridgehead atoms. The lowest BCUT2D eigenvalue weighted by molar-refractivity contribution is 0.766. The first-order valence-corrected chi connectivity index (χ1v) is 12.6. The van der Waals surface area contributed by atoms with Crippen LogP contribution in [0.1, 0.15) is 33.4 Å². The predicted octanol–water partition coefficient (Wildman–Crippen LogP) is 9.05. The van der Waals surface area contributed by atoms with Gasteiger partial charge in [-0.2, -0.15) is 0 Å². The topological polar surface area (TPSA) is 0 Å². The van der Waals surface area contributed by atoms with E-state index in [2.05, 4.69) is 117 Å². The first-order chi connectivity index (χ1) is 15.1. The molecule has 1 aliphatic carbocycles. The van der Waals surface area contributed by atoms with Gasteiger partial charge < -0.3 is 0 Å². The Labute approximate surface area is 209 Å². The van der Waals surface area contributed by atoms with Crippen LogP contribution in [0.4, 0.5) is 0 Å². The molecule has 0 saturated heterocycles. The molecule has 0 heterocycles. The molecule has 0 atom stereocenters. The Hall–Kier alpha value is -1.58. The van der Waals surface area contributed by atoms with Gasteiger partial charge >= 0.3 is 0 Å². The number of halogens is 4. The molecule has 0 amide bonds. The van der Waals surface area contributed by atoms with E-state index in [0.29, 0.717) is 11.8 Å². The molecule has 0 N–H and O–H groups in total. The van der Waals surface area contributed by atoms with Crippen LogP contribution in [0.2, 0.25) is 0 Å². The highest BCUT2D eigenvalue weighted by molar-refractivity contribution is 9.10. The van der Waals surface area contributed by atoms with Crippen LogP contribution in [0, 0.1) is 0 Å². The molecule has 0 aromatic heterocycles. The molecule has 0 unspecified atom stereocenters. The van der Waals surface area contributed by atoms with Crippen molar-refractivity contribution >= 4 is 55.1 Å². The number of alkyl halides is 2. The Kier molecular flexibility index (Phi) is 5.77. The SMILES string of the molecule is ClCc1ccc(C2(c3ccc(CCl)cc3)c3cc(Br)ccc3-c3ccc(Br)cc32)cc1. The minimum Gasteiger partial charge on any atom is -0.122 e. The average molecular weight is 573 g/mol. The van der Waals surface area contributed by atoms with Crippen LogP contribution in [0.5, 0.6) is 0 Å². The summed E-state index contributed by atoms with van der Waals surface area (Å²) >= 11 is 19.7. The number of hydrogen-bond acceptors (Lipinski definition) is 0. The molecule has 31 heavy (non-hydrogen) atoms. The van der Waals surface area contributed by atoms with E-state index in [1.54, 1.807) is 0 Å². The van der Waals surface area contributed by atoms with Gasteiger partial charge in [-0.15, -0.1) is 23.2 Å². The van der Waals surface area contributed by atoms with Gasteiger partial charge in [0.15, 0.2) is 0 Å². The maximum absolute atomic E-state index is 6.10. The van der Waals surface area contributed by atoms with Gasteiger partial charge in [-0.1, -0.05) is 92.5 Å². The van der Waals surface area contributed by atoms with Gasteiger partial charge in [0, 0.05) is 20.7 Å². The molecular weight excluding hydrogens is 555 g/mol. The quantitative estimate of drug-likeness (QED) is 0.188. The molecule has 0 radical (unpaired) electrons. The fraction of sp³-hybridized carbons (Fsp3) is 0.111. The normalized spacial score (nSPS) is 13.7. The molecule has 4 heteroatoms. The van der Waals surface area contributed by atoms with Crippen LogP contribution in [0.3, 0.4) is 0 Å². The third kappa shape index (κ3) is 3.40. The van der Waals surface area contributed by atoms with E-state index in [1.807, 2.05) is 0 Å². The van der Waals surface area contributed by atoms with Crippen molar-refractivity contribution < 1.29 is 0 Å². The second-order valence-corrected chi connectivity index (χ2v) is 10.2. The highest BCUT2D eigenvalue weighted by atomic mass is 79.9.